The van der Waals surface area contributed by atoms with Gasteiger partial charge < -0.3 is 4.74 Å². The van der Waals surface area contributed by atoms with E-state index in [1.807, 2.05) is 0 Å². The topological polar surface area (TPSA) is 43.4 Å². The van der Waals surface area contributed by atoms with Gasteiger partial charge in [0.1, 0.15) is 0 Å². The van der Waals surface area contributed by atoms with Crippen LogP contribution in [0.5, 0.6) is 0 Å². The first kappa shape index (κ1) is 14.3. The molecule has 2 atom stereocenters. The van der Waals surface area contributed by atoms with Gasteiger partial charge in [0.15, 0.2) is 5.78 Å². The second-order valence-corrected chi connectivity index (χ2v) is 7.02. The number of esters is 1. The Bertz CT molecular complexity index is 428. The molecule has 0 spiro atoms. The summed E-state index contributed by atoms with van der Waals surface area (Å²) < 4.78 is 5.06. The normalized spacial score (nSPS) is 31.5. The first-order valence-electron chi connectivity index (χ1n) is 7.12. The molecule has 3 nitrogen and oxygen atoms in total. The van der Waals surface area contributed by atoms with Gasteiger partial charge in [-0.25, -0.2) is 0 Å². The number of hydrogen-bond acceptors (Lipinski definition) is 3. The molecule has 0 N–H and O–H groups in total. The van der Waals surface area contributed by atoms with Crippen molar-refractivity contribution in [1.82, 2.24) is 0 Å². The van der Waals surface area contributed by atoms with Gasteiger partial charge in [0, 0.05) is 6.42 Å². The Morgan fingerprint density at radius 3 is 2.63 bits per heavy atom. The molecule has 0 unspecified atom stereocenters. The number of fused-ring (bicyclic) bond motifs is 1. The minimum absolute atomic E-state index is 0.153. The summed E-state index contributed by atoms with van der Waals surface area (Å²) in [6.07, 6.45) is 5.53. The van der Waals surface area contributed by atoms with Crippen LogP contribution >= 0.6 is 0 Å². The predicted octanol–water partition coefficient (Wildman–Crippen LogP) is 3.28. The van der Waals surface area contributed by atoms with Crippen LogP contribution in [0.2, 0.25) is 0 Å². The molecule has 0 saturated heterocycles. The number of methoxy groups -OCH3 is 1. The number of allylic oxidation sites excluding steroid dienone is 1. The number of rotatable bonds is 1. The predicted molar refractivity (Wildman–Crippen MR) is 73.6 cm³/mol. The Kier molecular flexibility index (Phi) is 3.59. The highest BCUT2D eigenvalue weighted by atomic mass is 16.5. The molecular formula is C16H24O3. The molecule has 2 rings (SSSR count). The second kappa shape index (κ2) is 4.77. The maximum Gasteiger partial charge on any atom is 0.315 e. The van der Waals surface area contributed by atoms with Crippen LogP contribution in [-0.2, 0) is 14.3 Å². The van der Waals surface area contributed by atoms with Gasteiger partial charge in [-0.3, -0.25) is 9.59 Å². The number of ether oxygens (including phenoxy) is 1. The van der Waals surface area contributed by atoms with Crippen molar-refractivity contribution in [2.75, 3.05) is 7.11 Å². The Balaban J connectivity index is 2.37. The van der Waals surface area contributed by atoms with Crippen LogP contribution in [0, 0.1) is 16.7 Å². The monoisotopic (exact) mass is 264 g/mol. The smallest absolute Gasteiger partial charge is 0.315 e. The van der Waals surface area contributed by atoms with E-state index in [9.17, 15) is 9.59 Å². The standard InChI is InChI=1S/C16H24O3/c1-15(2,3)12-6-5-11-9-13(17)7-8-16(11,10-12)14(18)19-4/h9,12H,5-8,10H2,1-4H3/t12-,16+/m0/s1. The molecule has 106 valence electrons. The van der Waals surface area contributed by atoms with Crippen molar-refractivity contribution in [3.05, 3.63) is 11.6 Å². The Labute approximate surface area is 115 Å². The lowest BCUT2D eigenvalue weighted by molar-refractivity contribution is -0.154. The summed E-state index contributed by atoms with van der Waals surface area (Å²) in [5.74, 6) is 0.501. The molecular weight excluding hydrogens is 240 g/mol. The van der Waals surface area contributed by atoms with E-state index in [1.165, 1.54) is 7.11 Å². The van der Waals surface area contributed by atoms with Crippen molar-refractivity contribution in [3.63, 3.8) is 0 Å². The summed E-state index contributed by atoms with van der Waals surface area (Å²) >= 11 is 0. The number of carbonyl (C=O) groups excluding carboxylic acids is 2. The molecule has 0 heterocycles. The van der Waals surface area contributed by atoms with E-state index < -0.39 is 5.41 Å². The van der Waals surface area contributed by atoms with Crippen molar-refractivity contribution < 1.29 is 14.3 Å². The second-order valence-electron chi connectivity index (χ2n) is 7.02. The molecule has 0 aliphatic heterocycles. The number of hydrogen-bond donors (Lipinski definition) is 0. The van der Waals surface area contributed by atoms with Gasteiger partial charge >= 0.3 is 5.97 Å². The van der Waals surface area contributed by atoms with Crippen molar-refractivity contribution >= 4 is 11.8 Å². The van der Waals surface area contributed by atoms with Gasteiger partial charge in [-0.05, 0) is 48.7 Å². The molecule has 2 aliphatic carbocycles. The lowest BCUT2D eigenvalue weighted by atomic mass is 9.57. The highest BCUT2D eigenvalue weighted by Gasteiger charge is 2.50. The average Bonchev–Trinajstić information content (AvgIpc) is 2.36. The molecule has 0 radical (unpaired) electrons. The van der Waals surface area contributed by atoms with Crippen LogP contribution < -0.4 is 0 Å². The average molecular weight is 264 g/mol. The zero-order valence-corrected chi connectivity index (χ0v) is 12.4. The zero-order chi connectivity index (χ0) is 14.3. The first-order chi connectivity index (χ1) is 8.79. The summed E-state index contributed by atoms with van der Waals surface area (Å²) in [6.45, 7) is 6.68. The lowest BCUT2D eigenvalue weighted by Gasteiger charge is -2.46. The first-order valence-corrected chi connectivity index (χ1v) is 7.12. The van der Waals surface area contributed by atoms with E-state index in [0.29, 0.717) is 18.8 Å². The van der Waals surface area contributed by atoms with Crippen LogP contribution in [-0.4, -0.2) is 18.9 Å². The summed E-state index contributed by atoms with van der Waals surface area (Å²) in [4.78, 5) is 23.9. The number of carbonyl (C=O) groups is 2. The fourth-order valence-corrected chi connectivity index (χ4v) is 3.55. The lowest BCUT2D eigenvalue weighted by Crippen LogP contribution is -2.44. The van der Waals surface area contributed by atoms with Gasteiger partial charge in [-0.1, -0.05) is 20.8 Å². The number of ketones is 1. The van der Waals surface area contributed by atoms with Crippen molar-refractivity contribution in [1.29, 1.82) is 0 Å². The van der Waals surface area contributed by atoms with Crippen molar-refractivity contribution in [2.24, 2.45) is 16.7 Å². The molecule has 19 heavy (non-hydrogen) atoms. The zero-order valence-electron chi connectivity index (χ0n) is 12.4. The van der Waals surface area contributed by atoms with E-state index >= 15 is 0 Å². The van der Waals surface area contributed by atoms with E-state index in [4.69, 9.17) is 4.74 Å². The molecule has 0 aromatic heterocycles. The fourth-order valence-electron chi connectivity index (χ4n) is 3.55. The summed E-state index contributed by atoms with van der Waals surface area (Å²) in [5.41, 5.74) is 0.670. The van der Waals surface area contributed by atoms with E-state index in [1.54, 1.807) is 6.08 Å². The van der Waals surface area contributed by atoms with Crippen LogP contribution in [0.1, 0.15) is 52.9 Å². The molecule has 0 aromatic carbocycles. The van der Waals surface area contributed by atoms with Gasteiger partial charge in [-0.15, -0.1) is 0 Å². The van der Waals surface area contributed by atoms with E-state index in [2.05, 4.69) is 20.8 Å². The van der Waals surface area contributed by atoms with Gasteiger partial charge in [-0.2, -0.15) is 0 Å². The molecule has 0 bridgehead atoms. The minimum atomic E-state index is -0.529. The highest BCUT2D eigenvalue weighted by molar-refractivity contribution is 5.95. The summed E-state index contributed by atoms with van der Waals surface area (Å²) in [5, 5.41) is 0. The third kappa shape index (κ3) is 2.47. The molecule has 1 saturated carbocycles. The fraction of sp³-hybridized carbons (Fsp3) is 0.750. The van der Waals surface area contributed by atoms with Crippen LogP contribution in [0.15, 0.2) is 11.6 Å². The SMILES string of the molecule is COC(=O)[C@@]12CCC(=O)C=C1CC[C@H](C(C)(C)C)C2. The Hall–Kier alpha value is -1.12. The largest absolute Gasteiger partial charge is 0.468 e. The maximum absolute atomic E-state index is 12.3. The van der Waals surface area contributed by atoms with Gasteiger partial charge in [0.25, 0.3) is 0 Å². The van der Waals surface area contributed by atoms with Gasteiger partial charge in [0.05, 0.1) is 12.5 Å². The third-order valence-electron chi connectivity index (χ3n) is 4.91. The third-order valence-corrected chi connectivity index (χ3v) is 4.91. The van der Waals surface area contributed by atoms with E-state index in [-0.39, 0.29) is 17.2 Å². The maximum atomic E-state index is 12.3. The van der Waals surface area contributed by atoms with Crippen molar-refractivity contribution in [2.45, 2.75) is 52.9 Å². The minimum Gasteiger partial charge on any atom is -0.468 e. The molecule has 2 aliphatic rings. The van der Waals surface area contributed by atoms with Crippen molar-refractivity contribution in [3.8, 4) is 0 Å². The Morgan fingerprint density at radius 2 is 2.05 bits per heavy atom. The molecule has 1 fully saturated rings. The summed E-state index contributed by atoms with van der Waals surface area (Å²) in [6, 6.07) is 0. The van der Waals surface area contributed by atoms with E-state index in [0.717, 1.165) is 24.8 Å². The highest BCUT2D eigenvalue weighted by Crippen LogP contribution is 2.53. The molecule has 3 heteroatoms. The molecule has 0 amide bonds. The van der Waals surface area contributed by atoms with Crippen LogP contribution in [0.3, 0.4) is 0 Å². The van der Waals surface area contributed by atoms with Crippen LogP contribution in [0.25, 0.3) is 0 Å². The summed E-state index contributed by atoms with van der Waals surface area (Å²) in [7, 11) is 1.45. The quantitative estimate of drug-likeness (QED) is 0.683. The Morgan fingerprint density at radius 1 is 1.37 bits per heavy atom. The van der Waals surface area contributed by atoms with Gasteiger partial charge in [0.2, 0.25) is 0 Å². The molecule has 0 aromatic rings. The van der Waals surface area contributed by atoms with Crippen LogP contribution in [0.4, 0.5) is 0 Å².